The molecule has 1 unspecified atom stereocenters. The quantitative estimate of drug-likeness (QED) is 0.585. The van der Waals surface area contributed by atoms with Crippen LogP contribution in [0.3, 0.4) is 0 Å². The third kappa shape index (κ3) is 7.94. The summed E-state index contributed by atoms with van der Waals surface area (Å²) in [6.07, 6.45) is 2.46. The minimum Gasteiger partial charge on any atom is -0.375 e. The number of hydrogen-bond acceptors (Lipinski definition) is 4. The minimum atomic E-state index is 0.378. The third-order valence-electron chi connectivity index (χ3n) is 5.15. The average Bonchev–Trinajstić information content (AvgIpc) is 3.28. The number of thiazole rings is 1. The fraction of sp³-hybridized carbons (Fsp3) is 0.560. The molecule has 1 fully saturated rings. The predicted octanol–water partition coefficient (Wildman–Crippen LogP) is 6.51. The van der Waals surface area contributed by atoms with Crippen molar-refractivity contribution in [2.75, 3.05) is 19.6 Å². The Labute approximate surface area is 182 Å². The first kappa shape index (κ1) is 23.6. The second-order valence-electron chi connectivity index (χ2n) is 9.39. The van der Waals surface area contributed by atoms with Crippen molar-refractivity contribution >= 4 is 11.3 Å². The van der Waals surface area contributed by atoms with Gasteiger partial charge >= 0.3 is 0 Å². The van der Waals surface area contributed by atoms with Gasteiger partial charge in [-0.05, 0) is 48.8 Å². The summed E-state index contributed by atoms with van der Waals surface area (Å²) in [5, 5.41) is 3.32. The van der Waals surface area contributed by atoms with Gasteiger partial charge in [0.25, 0.3) is 0 Å². The lowest BCUT2D eigenvalue weighted by atomic mass is 9.90. The Morgan fingerprint density at radius 2 is 1.97 bits per heavy atom. The average molecular weight is 414 g/mol. The highest BCUT2D eigenvalue weighted by molar-refractivity contribution is 7.13. The summed E-state index contributed by atoms with van der Waals surface area (Å²) in [5.41, 5.74) is 7.31. The lowest BCUT2D eigenvalue weighted by molar-refractivity contribution is 0.324. The number of aryl methyl sites for hydroxylation is 1. The normalized spacial score (nSPS) is 16.5. The summed E-state index contributed by atoms with van der Waals surface area (Å²) < 4.78 is 0. The molecule has 0 radical (unpaired) electrons. The van der Waals surface area contributed by atoms with Crippen LogP contribution in [0.5, 0.6) is 0 Å². The zero-order valence-electron chi connectivity index (χ0n) is 19.2. The van der Waals surface area contributed by atoms with Gasteiger partial charge in [0.05, 0.1) is 16.1 Å². The smallest absolute Gasteiger partial charge is 0.0801 e. The molecule has 0 saturated carbocycles. The van der Waals surface area contributed by atoms with Gasteiger partial charge in [-0.2, -0.15) is 0 Å². The van der Waals surface area contributed by atoms with Crippen LogP contribution in [0.25, 0.3) is 10.4 Å². The number of aromatic nitrogens is 1. The number of nitrogens with zero attached hydrogens (tertiary/aromatic N) is 2. The molecule has 3 rings (SSSR count). The largest absolute Gasteiger partial charge is 0.375 e. The number of nitrogens with one attached hydrogen (secondary N) is 1. The van der Waals surface area contributed by atoms with E-state index in [0.717, 1.165) is 31.1 Å². The molecule has 1 atom stereocenters. The number of rotatable bonds is 6. The highest BCUT2D eigenvalue weighted by Crippen LogP contribution is 2.29. The maximum Gasteiger partial charge on any atom is 0.0801 e. The molecule has 2 aromatic rings. The van der Waals surface area contributed by atoms with Crippen LogP contribution in [-0.2, 0) is 6.54 Å². The van der Waals surface area contributed by atoms with Gasteiger partial charge in [-0.3, -0.25) is 0 Å². The maximum absolute atomic E-state index is 4.27. The summed E-state index contributed by atoms with van der Waals surface area (Å²) in [4.78, 5) is 8.00. The number of likely N-dealkylation sites (tertiary alicyclic amines) is 1. The molecular formula is C25H39N3S. The summed E-state index contributed by atoms with van der Waals surface area (Å²) in [7, 11) is 0. The van der Waals surface area contributed by atoms with Crippen LogP contribution >= 0.6 is 11.3 Å². The molecular weight excluding hydrogens is 374 g/mol. The van der Waals surface area contributed by atoms with Crippen molar-refractivity contribution in [2.24, 2.45) is 11.3 Å². The minimum absolute atomic E-state index is 0.378. The lowest BCUT2D eigenvalue weighted by Crippen LogP contribution is -2.22. The topological polar surface area (TPSA) is 28.2 Å². The monoisotopic (exact) mass is 413 g/mol. The molecule has 1 aromatic heterocycles. The van der Waals surface area contributed by atoms with Crippen molar-refractivity contribution in [3.05, 3.63) is 53.3 Å². The van der Waals surface area contributed by atoms with Crippen molar-refractivity contribution in [1.82, 2.24) is 15.2 Å². The first-order chi connectivity index (χ1) is 13.7. The number of allylic oxidation sites excluding steroid dienone is 1. The van der Waals surface area contributed by atoms with Crippen molar-refractivity contribution in [3.8, 4) is 10.4 Å². The summed E-state index contributed by atoms with van der Waals surface area (Å²) in [6, 6.07) is 8.70. The number of benzene rings is 1. The second-order valence-corrected chi connectivity index (χ2v) is 10.2. The van der Waals surface area contributed by atoms with Crippen LogP contribution in [0.1, 0.15) is 58.7 Å². The molecule has 0 aliphatic carbocycles. The molecule has 29 heavy (non-hydrogen) atoms. The Bertz CT molecular complexity index is 755. The standard InChI is InChI=1S/C13H16N2S.C12H23N/c1-3-14-8-11-4-6-12(7-5-11)13-10(2)15-9-16-13;1-10-6-7-13(9-10)11(2)8-12(3,4)5/h4-7,9,14H,3,8H2,1-2H3;10H,2,6-9H2,1,3-5H3. The fourth-order valence-corrected chi connectivity index (χ4v) is 4.38. The third-order valence-corrected chi connectivity index (χ3v) is 6.12. The van der Waals surface area contributed by atoms with E-state index in [1.54, 1.807) is 11.3 Å². The Balaban J connectivity index is 0.000000212. The van der Waals surface area contributed by atoms with E-state index in [2.05, 4.69) is 87.6 Å². The Morgan fingerprint density at radius 3 is 2.45 bits per heavy atom. The SMILES string of the molecule is C=C(CC(C)(C)C)N1CCC(C)C1.CCNCc1ccc(-c2scnc2C)cc1. The van der Waals surface area contributed by atoms with Crippen molar-refractivity contribution < 1.29 is 0 Å². The van der Waals surface area contributed by atoms with Gasteiger partial charge in [0.2, 0.25) is 0 Å². The highest BCUT2D eigenvalue weighted by Gasteiger charge is 2.22. The predicted molar refractivity (Wildman–Crippen MR) is 128 cm³/mol. The van der Waals surface area contributed by atoms with Crippen LogP contribution in [0.15, 0.2) is 42.1 Å². The van der Waals surface area contributed by atoms with Gasteiger partial charge in [-0.25, -0.2) is 4.98 Å². The molecule has 1 saturated heterocycles. The van der Waals surface area contributed by atoms with Gasteiger partial charge in [-0.15, -0.1) is 11.3 Å². The maximum atomic E-state index is 4.27. The van der Waals surface area contributed by atoms with E-state index in [4.69, 9.17) is 0 Å². The van der Waals surface area contributed by atoms with E-state index in [-0.39, 0.29) is 0 Å². The van der Waals surface area contributed by atoms with E-state index >= 15 is 0 Å². The molecule has 0 bridgehead atoms. The zero-order chi connectivity index (χ0) is 21.4. The molecule has 2 heterocycles. The first-order valence-corrected chi connectivity index (χ1v) is 11.7. The van der Waals surface area contributed by atoms with Gasteiger partial charge in [0.1, 0.15) is 0 Å². The lowest BCUT2D eigenvalue weighted by Gasteiger charge is -2.27. The fourth-order valence-electron chi connectivity index (χ4n) is 3.57. The summed E-state index contributed by atoms with van der Waals surface area (Å²) >= 11 is 1.70. The Hall–Kier alpha value is -1.65. The van der Waals surface area contributed by atoms with Gasteiger partial charge in [0, 0.05) is 25.3 Å². The first-order valence-electron chi connectivity index (χ1n) is 10.8. The summed E-state index contributed by atoms with van der Waals surface area (Å²) in [5.74, 6) is 0.858. The van der Waals surface area contributed by atoms with E-state index in [1.165, 1.54) is 41.2 Å². The highest BCUT2D eigenvalue weighted by atomic mass is 32.1. The van der Waals surface area contributed by atoms with Gasteiger partial charge in [0.15, 0.2) is 0 Å². The Kier molecular flexibility index (Phi) is 8.91. The molecule has 160 valence electrons. The van der Waals surface area contributed by atoms with Crippen LogP contribution in [0.4, 0.5) is 0 Å². The van der Waals surface area contributed by atoms with Crippen molar-refractivity contribution in [2.45, 2.75) is 60.9 Å². The van der Waals surface area contributed by atoms with Gasteiger partial charge in [-0.1, -0.05) is 65.5 Å². The van der Waals surface area contributed by atoms with E-state index in [0.29, 0.717) is 5.41 Å². The van der Waals surface area contributed by atoms with Gasteiger partial charge < -0.3 is 10.2 Å². The van der Waals surface area contributed by atoms with Crippen molar-refractivity contribution in [1.29, 1.82) is 0 Å². The van der Waals surface area contributed by atoms with Crippen LogP contribution in [0, 0.1) is 18.3 Å². The molecule has 0 amide bonds. The van der Waals surface area contributed by atoms with Crippen molar-refractivity contribution in [3.63, 3.8) is 0 Å². The molecule has 1 aliphatic rings. The summed E-state index contributed by atoms with van der Waals surface area (Å²) in [6.45, 7) is 21.9. The second kappa shape index (κ2) is 10.9. The molecule has 0 spiro atoms. The van der Waals surface area contributed by atoms with Crippen LogP contribution < -0.4 is 5.32 Å². The number of hydrogen-bond donors (Lipinski definition) is 1. The van der Waals surface area contributed by atoms with E-state index in [9.17, 15) is 0 Å². The molecule has 1 aromatic carbocycles. The van der Waals surface area contributed by atoms with Crippen LogP contribution in [-0.4, -0.2) is 29.5 Å². The zero-order valence-corrected chi connectivity index (χ0v) is 20.0. The molecule has 4 heteroatoms. The molecule has 1 N–H and O–H groups in total. The van der Waals surface area contributed by atoms with E-state index in [1.807, 2.05) is 5.51 Å². The van der Waals surface area contributed by atoms with Crippen LogP contribution in [0.2, 0.25) is 0 Å². The molecule has 1 aliphatic heterocycles. The molecule has 3 nitrogen and oxygen atoms in total. The Morgan fingerprint density at radius 1 is 1.28 bits per heavy atom. The van der Waals surface area contributed by atoms with E-state index < -0.39 is 0 Å².